The van der Waals surface area contributed by atoms with E-state index >= 15 is 0 Å². The molecule has 0 aliphatic carbocycles. The Labute approximate surface area is 164 Å². The summed E-state index contributed by atoms with van der Waals surface area (Å²) in [5, 5.41) is 5.56. The molecular formula is C21H24N2O5. The van der Waals surface area contributed by atoms with Crippen LogP contribution in [0.5, 0.6) is 11.5 Å². The van der Waals surface area contributed by atoms with Crippen LogP contribution in [0.1, 0.15) is 42.3 Å². The Bertz CT molecular complexity index is 856. The lowest BCUT2D eigenvalue weighted by atomic mass is 10.1. The molecule has 2 aromatic carbocycles. The van der Waals surface area contributed by atoms with Gasteiger partial charge < -0.3 is 24.8 Å². The van der Waals surface area contributed by atoms with Gasteiger partial charge in [0.15, 0.2) is 11.5 Å². The van der Waals surface area contributed by atoms with E-state index in [2.05, 4.69) is 10.6 Å². The fourth-order valence-corrected chi connectivity index (χ4v) is 2.60. The Morgan fingerprint density at radius 2 is 1.57 bits per heavy atom. The van der Waals surface area contributed by atoms with Crippen molar-refractivity contribution < 1.29 is 23.8 Å². The zero-order valence-electron chi connectivity index (χ0n) is 16.2. The van der Waals surface area contributed by atoms with Crippen LogP contribution in [0.4, 0.5) is 4.79 Å². The normalized spacial score (nSPS) is 12.4. The number of amides is 2. The maximum Gasteiger partial charge on any atom is 0.407 e. The van der Waals surface area contributed by atoms with Gasteiger partial charge in [-0.3, -0.25) is 4.79 Å². The van der Waals surface area contributed by atoms with Crippen molar-refractivity contribution in [3.8, 4) is 11.5 Å². The van der Waals surface area contributed by atoms with E-state index in [9.17, 15) is 9.59 Å². The fourth-order valence-electron chi connectivity index (χ4n) is 2.60. The molecule has 0 saturated carbocycles. The number of hydrogen-bond donors (Lipinski definition) is 2. The number of hydrogen-bond acceptors (Lipinski definition) is 5. The highest BCUT2D eigenvalue weighted by atomic mass is 16.7. The minimum Gasteiger partial charge on any atom is -0.454 e. The number of alkyl carbamates (subject to hydrolysis) is 1. The number of fused-ring (bicyclic) bond motifs is 1. The van der Waals surface area contributed by atoms with Gasteiger partial charge in [0.05, 0.1) is 0 Å². The predicted octanol–water partition coefficient (Wildman–Crippen LogP) is 3.37. The highest BCUT2D eigenvalue weighted by Crippen LogP contribution is 2.32. The van der Waals surface area contributed by atoms with E-state index in [1.807, 2.05) is 39.0 Å². The average molecular weight is 384 g/mol. The molecule has 3 rings (SSSR count). The average Bonchev–Trinajstić information content (AvgIpc) is 3.11. The van der Waals surface area contributed by atoms with Crippen molar-refractivity contribution in [2.24, 2.45) is 0 Å². The van der Waals surface area contributed by atoms with Crippen LogP contribution in [0.3, 0.4) is 0 Å². The third-order valence-electron chi connectivity index (χ3n) is 3.94. The van der Waals surface area contributed by atoms with Gasteiger partial charge >= 0.3 is 6.09 Å². The molecule has 0 radical (unpaired) electrons. The molecule has 1 aliphatic heterocycles. The van der Waals surface area contributed by atoms with Crippen molar-refractivity contribution in [3.05, 3.63) is 59.2 Å². The molecule has 2 amide bonds. The monoisotopic (exact) mass is 384 g/mol. The number of carbonyl (C=O) groups is 2. The Kier molecular flexibility index (Phi) is 5.73. The molecule has 28 heavy (non-hydrogen) atoms. The third kappa shape index (κ3) is 5.39. The molecule has 0 unspecified atom stereocenters. The lowest BCUT2D eigenvalue weighted by molar-refractivity contribution is 0.0523. The highest BCUT2D eigenvalue weighted by molar-refractivity contribution is 5.94. The second-order valence-electron chi connectivity index (χ2n) is 7.42. The summed E-state index contributed by atoms with van der Waals surface area (Å²) >= 11 is 0. The lowest BCUT2D eigenvalue weighted by Gasteiger charge is -2.19. The van der Waals surface area contributed by atoms with Crippen LogP contribution >= 0.6 is 0 Å². The molecule has 1 aliphatic rings. The van der Waals surface area contributed by atoms with Crippen molar-refractivity contribution in [2.45, 2.75) is 39.5 Å². The summed E-state index contributed by atoms with van der Waals surface area (Å²) in [5.74, 6) is 1.23. The van der Waals surface area contributed by atoms with Gasteiger partial charge in [0.1, 0.15) is 5.60 Å². The third-order valence-corrected chi connectivity index (χ3v) is 3.94. The van der Waals surface area contributed by atoms with Gasteiger partial charge in [-0.15, -0.1) is 0 Å². The first-order valence-corrected chi connectivity index (χ1v) is 9.03. The van der Waals surface area contributed by atoms with E-state index in [0.29, 0.717) is 30.2 Å². The first kappa shape index (κ1) is 19.5. The van der Waals surface area contributed by atoms with Crippen molar-refractivity contribution in [3.63, 3.8) is 0 Å². The van der Waals surface area contributed by atoms with Crippen molar-refractivity contribution in [2.75, 3.05) is 6.79 Å². The molecule has 7 heteroatoms. The molecule has 0 spiro atoms. The Morgan fingerprint density at radius 1 is 0.929 bits per heavy atom. The Morgan fingerprint density at radius 3 is 2.29 bits per heavy atom. The van der Waals surface area contributed by atoms with Crippen LogP contribution in [0.2, 0.25) is 0 Å². The summed E-state index contributed by atoms with van der Waals surface area (Å²) in [6.07, 6.45) is -0.474. The van der Waals surface area contributed by atoms with E-state index in [1.165, 1.54) is 0 Å². The van der Waals surface area contributed by atoms with E-state index in [0.717, 1.165) is 11.1 Å². The number of ether oxygens (including phenoxy) is 3. The zero-order chi connectivity index (χ0) is 20.1. The smallest absolute Gasteiger partial charge is 0.407 e. The Hall–Kier alpha value is -3.22. The van der Waals surface area contributed by atoms with Crippen molar-refractivity contribution >= 4 is 12.0 Å². The fraction of sp³-hybridized carbons (Fsp3) is 0.333. The molecule has 0 saturated heterocycles. The summed E-state index contributed by atoms with van der Waals surface area (Å²) in [4.78, 5) is 24.0. The lowest BCUT2D eigenvalue weighted by Crippen LogP contribution is -2.32. The van der Waals surface area contributed by atoms with Crippen LogP contribution in [0.15, 0.2) is 42.5 Å². The molecule has 148 valence electrons. The number of nitrogens with one attached hydrogen (secondary N) is 2. The summed E-state index contributed by atoms with van der Waals surface area (Å²) < 4.78 is 15.8. The summed E-state index contributed by atoms with van der Waals surface area (Å²) in [7, 11) is 0. The van der Waals surface area contributed by atoms with Gasteiger partial charge in [0, 0.05) is 18.7 Å². The van der Waals surface area contributed by atoms with Gasteiger partial charge in [-0.2, -0.15) is 0 Å². The van der Waals surface area contributed by atoms with Gasteiger partial charge in [-0.1, -0.05) is 18.2 Å². The molecule has 2 aromatic rings. The highest BCUT2D eigenvalue weighted by Gasteiger charge is 2.16. The van der Waals surface area contributed by atoms with Crippen LogP contribution in [-0.4, -0.2) is 24.4 Å². The van der Waals surface area contributed by atoms with E-state index < -0.39 is 11.7 Å². The quantitative estimate of drug-likeness (QED) is 0.826. The summed E-state index contributed by atoms with van der Waals surface area (Å²) in [5.41, 5.74) is 1.81. The molecule has 0 atom stereocenters. The van der Waals surface area contributed by atoms with Crippen LogP contribution < -0.4 is 20.1 Å². The van der Waals surface area contributed by atoms with Gasteiger partial charge in [0.2, 0.25) is 6.79 Å². The molecule has 2 N–H and O–H groups in total. The zero-order valence-corrected chi connectivity index (χ0v) is 16.2. The second kappa shape index (κ2) is 8.21. The van der Waals surface area contributed by atoms with Gasteiger partial charge in [0.25, 0.3) is 5.91 Å². The van der Waals surface area contributed by atoms with Crippen LogP contribution in [0, 0.1) is 0 Å². The summed E-state index contributed by atoms with van der Waals surface area (Å²) in [6, 6.07) is 12.6. The minimum atomic E-state index is -0.538. The van der Waals surface area contributed by atoms with Crippen LogP contribution in [-0.2, 0) is 17.8 Å². The molecule has 0 aromatic heterocycles. The van der Waals surface area contributed by atoms with Gasteiger partial charge in [-0.25, -0.2) is 4.79 Å². The van der Waals surface area contributed by atoms with Crippen LogP contribution in [0.25, 0.3) is 0 Å². The SMILES string of the molecule is CC(C)(C)OC(=O)NCc1ccc(C(=O)NCc2ccc3c(c2)OCO3)cc1. The standard InChI is InChI=1S/C21H24N2O5/c1-21(2,3)28-20(25)23-11-14-4-7-16(8-5-14)19(24)22-12-15-6-9-17-18(10-15)27-13-26-17/h4-10H,11-13H2,1-3H3,(H,22,24)(H,23,25). The topological polar surface area (TPSA) is 85.9 Å². The van der Waals surface area contributed by atoms with E-state index in [1.54, 1.807) is 24.3 Å². The van der Waals surface area contributed by atoms with Crippen molar-refractivity contribution in [1.82, 2.24) is 10.6 Å². The molecule has 0 fully saturated rings. The first-order chi connectivity index (χ1) is 13.3. The number of benzene rings is 2. The molecule has 1 heterocycles. The maximum atomic E-state index is 12.3. The van der Waals surface area contributed by atoms with E-state index in [-0.39, 0.29) is 12.7 Å². The predicted molar refractivity (Wildman–Crippen MR) is 103 cm³/mol. The minimum absolute atomic E-state index is 0.177. The van der Waals surface area contributed by atoms with Gasteiger partial charge in [-0.05, 0) is 56.2 Å². The summed E-state index contributed by atoms with van der Waals surface area (Å²) in [6.45, 7) is 6.36. The van der Waals surface area contributed by atoms with E-state index in [4.69, 9.17) is 14.2 Å². The first-order valence-electron chi connectivity index (χ1n) is 9.03. The Balaban J connectivity index is 1.49. The number of rotatable bonds is 5. The second-order valence-corrected chi connectivity index (χ2v) is 7.42. The molecule has 7 nitrogen and oxygen atoms in total. The molecule has 0 bridgehead atoms. The maximum absolute atomic E-state index is 12.3. The van der Waals surface area contributed by atoms with Crippen molar-refractivity contribution in [1.29, 1.82) is 0 Å². The largest absolute Gasteiger partial charge is 0.454 e. The molecular weight excluding hydrogens is 360 g/mol. The number of carbonyl (C=O) groups excluding carboxylic acids is 2.